The average molecular weight is 442 g/mol. The van der Waals surface area contributed by atoms with Crippen LogP contribution >= 0.6 is 11.6 Å². The van der Waals surface area contributed by atoms with Crippen molar-refractivity contribution in [1.29, 1.82) is 0 Å². The van der Waals surface area contributed by atoms with Gasteiger partial charge in [0.05, 0.1) is 24.2 Å². The summed E-state index contributed by atoms with van der Waals surface area (Å²) in [5.41, 5.74) is 0.935. The zero-order chi connectivity index (χ0) is 22.1. The van der Waals surface area contributed by atoms with Crippen LogP contribution in [-0.2, 0) is 14.3 Å². The smallest absolute Gasteiger partial charge is 0.397 e. The lowest BCUT2D eigenvalue weighted by molar-refractivity contribution is -0.152. The number of esters is 1. The Kier molecular flexibility index (Phi) is 5.26. The molecule has 12 heteroatoms. The lowest BCUT2D eigenvalue weighted by atomic mass is 10.3. The maximum Gasteiger partial charge on any atom is 0.397 e. The number of aromatic nitrogens is 6. The summed E-state index contributed by atoms with van der Waals surface area (Å²) < 4.78 is 7.37. The number of ether oxygens (including phenoxy) is 1. The van der Waals surface area contributed by atoms with Gasteiger partial charge in [0.1, 0.15) is 11.2 Å². The number of carbonyl (C=O) groups is 2. The van der Waals surface area contributed by atoms with Crippen LogP contribution in [0.1, 0.15) is 12.6 Å². The van der Waals surface area contributed by atoms with Crippen molar-refractivity contribution in [3.05, 3.63) is 57.6 Å². The molecule has 0 saturated heterocycles. The SMILES string of the molecule is CCOC(=O)C(=O)Nc1cc(C)nn1-c1nc2c(cnn2-c2cccc(Cl)c2)c(=O)[nH]1. The highest BCUT2D eigenvalue weighted by atomic mass is 35.5. The number of carbonyl (C=O) groups excluding carboxylic acids is 2. The maximum absolute atomic E-state index is 12.6. The van der Waals surface area contributed by atoms with E-state index in [-0.39, 0.29) is 29.4 Å². The Morgan fingerprint density at radius 1 is 1.26 bits per heavy atom. The summed E-state index contributed by atoms with van der Waals surface area (Å²) in [6.45, 7) is 3.33. The minimum Gasteiger partial charge on any atom is -0.459 e. The zero-order valence-electron chi connectivity index (χ0n) is 16.4. The molecule has 0 unspecified atom stereocenters. The molecular formula is C19H16ClN7O4. The van der Waals surface area contributed by atoms with Gasteiger partial charge in [0, 0.05) is 11.1 Å². The number of hydrogen-bond donors (Lipinski definition) is 2. The van der Waals surface area contributed by atoms with Crippen LogP contribution in [0.4, 0.5) is 5.82 Å². The molecule has 0 aliphatic rings. The monoisotopic (exact) mass is 441 g/mol. The molecule has 1 amide bonds. The van der Waals surface area contributed by atoms with Gasteiger partial charge in [-0.05, 0) is 32.0 Å². The molecule has 31 heavy (non-hydrogen) atoms. The van der Waals surface area contributed by atoms with Gasteiger partial charge in [-0.25, -0.2) is 9.48 Å². The second-order valence-electron chi connectivity index (χ2n) is 6.42. The Balaban J connectivity index is 1.81. The van der Waals surface area contributed by atoms with Crippen molar-refractivity contribution in [3.63, 3.8) is 0 Å². The first-order valence-electron chi connectivity index (χ1n) is 9.16. The van der Waals surface area contributed by atoms with Crippen LogP contribution in [0.5, 0.6) is 0 Å². The molecule has 0 bridgehead atoms. The van der Waals surface area contributed by atoms with Crippen molar-refractivity contribution >= 4 is 40.3 Å². The number of amides is 1. The number of rotatable bonds is 4. The van der Waals surface area contributed by atoms with Gasteiger partial charge in [0.2, 0.25) is 5.95 Å². The van der Waals surface area contributed by atoms with Crippen molar-refractivity contribution in [2.45, 2.75) is 13.8 Å². The summed E-state index contributed by atoms with van der Waals surface area (Å²) in [6, 6.07) is 8.44. The first kappa shape index (κ1) is 20.3. The molecule has 0 radical (unpaired) electrons. The molecule has 1 aromatic carbocycles. The normalized spacial score (nSPS) is 10.9. The van der Waals surface area contributed by atoms with Gasteiger partial charge in [-0.1, -0.05) is 17.7 Å². The van der Waals surface area contributed by atoms with Gasteiger partial charge in [0.15, 0.2) is 5.65 Å². The molecule has 0 atom stereocenters. The molecule has 0 saturated carbocycles. The molecule has 0 aliphatic heterocycles. The van der Waals surface area contributed by atoms with Crippen LogP contribution in [0.15, 0.2) is 41.3 Å². The Bertz CT molecular complexity index is 1370. The lowest BCUT2D eigenvalue weighted by Gasteiger charge is -2.08. The standard InChI is InChI=1S/C19H16ClN7O4/c1-3-31-18(30)17(29)22-14-7-10(2)25-27(14)19-23-15-13(16(28)24-19)9-21-26(15)12-6-4-5-11(20)8-12/h4-9H,3H2,1-2H3,(H,22,29)(H,23,24,28). The number of nitrogens with one attached hydrogen (secondary N) is 2. The quantitative estimate of drug-likeness (QED) is 0.363. The molecule has 4 aromatic rings. The van der Waals surface area contributed by atoms with E-state index < -0.39 is 17.4 Å². The molecular weight excluding hydrogens is 426 g/mol. The van der Waals surface area contributed by atoms with E-state index in [2.05, 4.69) is 25.5 Å². The van der Waals surface area contributed by atoms with Crippen molar-refractivity contribution in [2.24, 2.45) is 0 Å². The van der Waals surface area contributed by atoms with Crippen molar-refractivity contribution in [2.75, 3.05) is 11.9 Å². The third-order valence-corrected chi connectivity index (χ3v) is 4.45. The summed E-state index contributed by atoms with van der Waals surface area (Å²) in [5, 5.41) is 11.7. The number of halogens is 1. The lowest BCUT2D eigenvalue weighted by Crippen LogP contribution is -2.26. The highest BCUT2D eigenvalue weighted by Crippen LogP contribution is 2.20. The Morgan fingerprint density at radius 3 is 2.81 bits per heavy atom. The van der Waals surface area contributed by atoms with Crippen molar-refractivity contribution < 1.29 is 14.3 Å². The summed E-state index contributed by atoms with van der Waals surface area (Å²) in [5.74, 6) is -1.86. The molecule has 0 fully saturated rings. The predicted molar refractivity (Wildman–Crippen MR) is 112 cm³/mol. The van der Waals surface area contributed by atoms with Gasteiger partial charge in [0.25, 0.3) is 5.56 Å². The summed E-state index contributed by atoms with van der Waals surface area (Å²) >= 11 is 6.07. The van der Waals surface area contributed by atoms with Gasteiger partial charge >= 0.3 is 11.9 Å². The van der Waals surface area contributed by atoms with Crippen LogP contribution in [0.25, 0.3) is 22.7 Å². The fourth-order valence-corrected chi connectivity index (χ4v) is 3.10. The highest BCUT2D eigenvalue weighted by molar-refractivity contribution is 6.37. The number of aryl methyl sites for hydroxylation is 1. The first-order chi connectivity index (χ1) is 14.9. The number of aromatic amines is 1. The second kappa shape index (κ2) is 8.03. The zero-order valence-corrected chi connectivity index (χ0v) is 17.2. The largest absolute Gasteiger partial charge is 0.459 e. The number of nitrogens with zero attached hydrogens (tertiary/aromatic N) is 5. The van der Waals surface area contributed by atoms with Gasteiger partial charge < -0.3 is 10.1 Å². The van der Waals surface area contributed by atoms with Gasteiger partial charge in [-0.15, -0.1) is 0 Å². The van der Waals surface area contributed by atoms with E-state index in [1.807, 2.05) is 0 Å². The Morgan fingerprint density at radius 2 is 2.06 bits per heavy atom. The predicted octanol–water partition coefficient (Wildman–Crippen LogP) is 1.76. The summed E-state index contributed by atoms with van der Waals surface area (Å²) in [7, 11) is 0. The number of anilines is 1. The maximum atomic E-state index is 12.6. The Labute approximate surface area is 179 Å². The van der Waals surface area contributed by atoms with Gasteiger partial charge in [-0.3, -0.25) is 14.6 Å². The van der Waals surface area contributed by atoms with Crippen LogP contribution in [0, 0.1) is 6.92 Å². The van der Waals surface area contributed by atoms with E-state index in [1.54, 1.807) is 38.1 Å². The molecule has 11 nitrogen and oxygen atoms in total. The summed E-state index contributed by atoms with van der Waals surface area (Å²) in [6.07, 6.45) is 1.39. The fourth-order valence-electron chi connectivity index (χ4n) is 2.92. The van der Waals surface area contributed by atoms with Crippen LogP contribution in [0.2, 0.25) is 5.02 Å². The molecule has 0 aliphatic carbocycles. The molecule has 2 N–H and O–H groups in total. The van der Waals surface area contributed by atoms with Crippen LogP contribution in [-0.4, -0.2) is 48.0 Å². The van der Waals surface area contributed by atoms with E-state index in [0.717, 1.165) is 0 Å². The molecule has 3 aromatic heterocycles. The van der Waals surface area contributed by atoms with Crippen LogP contribution < -0.4 is 10.9 Å². The number of fused-ring (bicyclic) bond motifs is 1. The van der Waals surface area contributed by atoms with Gasteiger partial charge in [-0.2, -0.15) is 19.9 Å². The molecule has 4 rings (SSSR count). The Hall–Kier alpha value is -3.99. The van der Waals surface area contributed by atoms with E-state index in [0.29, 0.717) is 16.4 Å². The second-order valence-corrected chi connectivity index (χ2v) is 6.86. The minimum absolute atomic E-state index is 0.0218. The van der Waals surface area contributed by atoms with E-state index in [4.69, 9.17) is 16.3 Å². The van der Waals surface area contributed by atoms with Crippen molar-refractivity contribution in [3.8, 4) is 11.6 Å². The van der Waals surface area contributed by atoms with Crippen molar-refractivity contribution in [1.82, 2.24) is 29.5 Å². The van der Waals surface area contributed by atoms with E-state index in [1.165, 1.54) is 21.6 Å². The third kappa shape index (κ3) is 3.90. The molecule has 158 valence electrons. The fraction of sp³-hybridized carbons (Fsp3) is 0.158. The number of H-pyrrole nitrogens is 1. The van der Waals surface area contributed by atoms with E-state index in [9.17, 15) is 14.4 Å². The number of benzene rings is 1. The third-order valence-electron chi connectivity index (χ3n) is 4.21. The highest BCUT2D eigenvalue weighted by Gasteiger charge is 2.20. The molecule has 0 spiro atoms. The van der Waals surface area contributed by atoms with E-state index >= 15 is 0 Å². The average Bonchev–Trinajstić information content (AvgIpc) is 3.31. The topological polar surface area (TPSA) is 137 Å². The first-order valence-corrected chi connectivity index (χ1v) is 9.54. The molecule has 3 heterocycles. The summed E-state index contributed by atoms with van der Waals surface area (Å²) in [4.78, 5) is 43.4. The number of hydrogen-bond acceptors (Lipinski definition) is 7. The minimum atomic E-state index is -1.04. The van der Waals surface area contributed by atoms with Crippen LogP contribution in [0.3, 0.4) is 0 Å².